The summed E-state index contributed by atoms with van der Waals surface area (Å²) in [5.74, 6) is -0.803. The van der Waals surface area contributed by atoms with E-state index in [1.807, 2.05) is 0 Å². The summed E-state index contributed by atoms with van der Waals surface area (Å²) in [7, 11) is -3.60. The molecule has 1 aromatic rings. The van der Waals surface area contributed by atoms with Crippen LogP contribution in [0.25, 0.3) is 6.08 Å². The molecule has 8 heteroatoms. The summed E-state index contributed by atoms with van der Waals surface area (Å²) >= 11 is 0. The zero-order valence-corrected chi connectivity index (χ0v) is 10.7. The fourth-order valence-electron chi connectivity index (χ4n) is 1.15. The normalized spacial score (nSPS) is 11.8. The summed E-state index contributed by atoms with van der Waals surface area (Å²) in [6.07, 6.45) is 3.21. The van der Waals surface area contributed by atoms with Crippen molar-refractivity contribution in [3.63, 3.8) is 0 Å². The number of rotatable bonds is 5. The Bertz CT molecular complexity index is 567. The zero-order chi connectivity index (χ0) is 14.5. The van der Waals surface area contributed by atoms with E-state index in [1.165, 1.54) is 30.3 Å². The predicted molar refractivity (Wildman–Crippen MR) is 65.1 cm³/mol. The van der Waals surface area contributed by atoms with Gasteiger partial charge in [-0.25, -0.2) is 13.1 Å². The fourth-order valence-corrected chi connectivity index (χ4v) is 1.58. The van der Waals surface area contributed by atoms with E-state index in [0.29, 0.717) is 5.56 Å². The Labute approximate surface area is 108 Å². The van der Waals surface area contributed by atoms with Gasteiger partial charge in [0, 0.05) is 6.08 Å². The van der Waals surface area contributed by atoms with Gasteiger partial charge in [-0.15, -0.1) is 0 Å². The number of benzene rings is 1. The number of hydrogen-bond donors (Lipinski definition) is 1. The van der Waals surface area contributed by atoms with Crippen LogP contribution >= 0.6 is 0 Å². The summed E-state index contributed by atoms with van der Waals surface area (Å²) in [5, 5.41) is 0. The molecule has 5 nitrogen and oxygen atoms in total. The van der Waals surface area contributed by atoms with Gasteiger partial charge in [-0.05, 0) is 23.8 Å². The van der Waals surface area contributed by atoms with Crippen LogP contribution in [-0.4, -0.2) is 27.2 Å². The molecule has 0 saturated heterocycles. The van der Waals surface area contributed by atoms with E-state index in [2.05, 4.69) is 4.74 Å². The van der Waals surface area contributed by atoms with E-state index < -0.39 is 22.5 Å². The van der Waals surface area contributed by atoms with Crippen molar-refractivity contribution in [1.29, 1.82) is 0 Å². The van der Waals surface area contributed by atoms with Crippen molar-refractivity contribution in [1.82, 2.24) is 4.72 Å². The van der Waals surface area contributed by atoms with Gasteiger partial charge in [0.25, 0.3) is 5.91 Å². The van der Waals surface area contributed by atoms with Crippen LogP contribution in [0.5, 0.6) is 5.75 Å². The molecule has 19 heavy (non-hydrogen) atoms. The molecule has 0 fully saturated rings. The van der Waals surface area contributed by atoms with E-state index in [1.54, 1.807) is 4.72 Å². The lowest BCUT2D eigenvalue weighted by Crippen LogP contribution is -2.27. The minimum absolute atomic E-state index is 0.00672. The van der Waals surface area contributed by atoms with Crippen LogP contribution in [0.3, 0.4) is 0 Å². The second kappa shape index (κ2) is 6.28. The van der Waals surface area contributed by atoms with Gasteiger partial charge in [-0.1, -0.05) is 12.1 Å². The van der Waals surface area contributed by atoms with Crippen LogP contribution < -0.4 is 9.46 Å². The van der Waals surface area contributed by atoms with Gasteiger partial charge in [-0.3, -0.25) is 4.79 Å². The summed E-state index contributed by atoms with van der Waals surface area (Å²) < 4.78 is 51.2. The number of halogens is 2. The standard InChI is InChI=1S/C11H11F2NO4S/c1-19(16,17)14-10(15)7-4-8-2-5-9(6-3-8)18-11(12)13/h2-7,11H,1H3,(H,14,15)/b7-4-. The van der Waals surface area contributed by atoms with Crippen LogP contribution in [0.15, 0.2) is 30.3 Å². The average molecular weight is 291 g/mol. The molecule has 0 aliphatic rings. The summed E-state index contributed by atoms with van der Waals surface area (Å²) in [6.45, 7) is -2.90. The van der Waals surface area contributed by atoms with Gasteiger partial charge >= 0.3 is 6.61 Å². The lowest BCUT2D eigenvalue weighted by molar-refractivity contribution is -0.114. The van der Waals surface area contributed by atoms with Crippen molar-refractivity contribution < 1.29 is 26.7 Å². The van der Waals surface area contributed by atoms with Gasteiger partial charge in [0.1, 0.15) is 5.75 Å². The largest absolute Gasteiger partial charge is 0.435 e. The molecule has 0 aliphatic carbocycles. The molecule has 1 rings (SSSR count). The second-order valence-electron chi connectivity index (χ2n) is 3.52. The Balaban J connectivity index is 2.65. The van der Waals surface area contributed by atoms with E-state index in [9.17, 15) is 22.0 Å². The molecule has 104 valence electrons. The molecule has 0 unspecified atom stereocenters. The molecule has 1 N–H and O–H groups in total. The second-order valence-corrected chi connectivity index (χ2v) is 5.27. The van der Waals surface area contributed by atoms with E-state index >= 15 is 0 Å². The van der Waals surface area contributed by atoms with Crippen molar-refractivity contribution >= 4 is 22.0 Å². The maximum atomic E-state index is 11.9. The first kappa shape index (κ1) is 15.1. The van der Waals surface area contributed by atoms with Crippen LogP contribution in [-0.2, 0) is 14.8 Å². The van der Waals surface area contributed by atoms with Crippen molar-refractivity contribution in [3.05, 3.63) is 35.9 Å². The summed E-state index contributed by atoms with van der Waals surface area (Å²) in [4.78, 5) is 11.1. The fraction of sp³-hybridized carbons (Fsp3) is 0.182. The smallest absolute Gasteiger partial charge is 0.387 e. The van der Waals surface area contributed by atoms with Crippen LogP contribution in [0.4, 0.5) is 8.78 Å². The molecule has 1 amide bonds. The summed E-state index contributed by atoms with van der Waals surface area (Å²) in [5.41, 5.74) is 0.533. The first-order chi connectivity index (χ1) is 8.76. The maximum absolute atomic E-state index is 11.9. The van der Waals surface area contributed by atoms with Crippen molar-refractivity contribution in [2.75, 3.05) is 6.26 Å². The topological polar surface area (TPSA) is 72.5 Å². The third kappa shape index (κ3) is 6.51. The highest BCUT2D eigenvalue weighted by molar-refractivity contribution is 7.89. The first-order valence-corrected chi connectivity index (χ1v) is 6.90. The van der Waals surface area contributed by atoms with E-state index in [-0.39, 0.29) is 5.75 Å². The lowest BCUT2D eigenvalue weighted by atomic mass is 10.2. The number of alkyl halides is 2. The highest BCUT2D eigenvalue weighted by Gasteiger charge is 2.05. The zero-order valence-electron chi connectivity index (χ0n) is 9.84. The van der Waals surface area contributed by atoms with Crippen molar-refractivity contribution in [3.8, 4) is 5.75 Å². The van der Waals surface area contributed by atoms with Crippen molar-refractivity contribution in [2.45, 2.75) is 6.61 Å². The Hall–Kier alpha value is -1.96. The molecule has 0 heterocycles. The Morgan fingerprint density at radius 3 is 2.37 bits per heavy atom. The molecule has 0 atom stereocenters. The molecule has 1 aromatic carbocycles. The minimum atomic E-state index is -3.60. The van der Waals surface area contributed by atoms with E-state index in [0.717, 1.165) is 12.3 Å². The van der Waals surface area contributed by atoms with Gasteiger partial charge in [0.05, 0.1) is 6.26 Å². The van der Waals surface area contributed by atoms with Crippen LogP contribution in [0, 0.1) is 0 Å². The van der Waals surface area contributed by atoms with Gasteiger partial charge < -0.3 is 4.74 Å². The number of nitrogens with one attached hydrogen (secondary N) is 1. The van der Waals surface area contributed by atoms with Gasteiger partial charge in [0.2, 0.25) is 10.0 Å². The number of amides is 1. The third-order valence-electron chi connectivity index (χ3n) is 1.82. The monoisotopic (exact) mass is 291 g/mol. The maximum Gasteiger partial charge on any atom is 0.387 e. The Kier molecular flexibility index (Phi) is 4.99. The number of carbonyl (C=O) groups excluding carboxylic acids is 1. The van der Waals surface area contributed by atoms with Crippen LogP contribution in [0.2, 0.25) is 0 Å². The minimum Gasteiger partial charge on any atom is -0.435 e. The van der Waals surface area contributed by atoms with Crippen LogP contribution in [0.1, 0.15) is 5.56 Å². The molecule has 0 spiro atoms. The Morgan fingerprint density at radius 1 is 1.32 bits per heavy atom. The lowest BCUT2D eigenvalue weighted by Gasteiger charge is -2.03. The number of ether oxygens (including phenoxy) is 1. The van der Waals surface area contributed by atoms with Crippen molar-refractivity contribution in [2.24, 2.45) is 0 Å². The predicted octanol–water partition coefficient (Wildman–Crippen LogP) is 1.38. The Morgan fingerprint density at radius 2 is 1.89 bits per heavy atom. The third-order valence-corrected chi connectivity index (χ3v) is 2.39. The highest BCUT2D eigenvalue weighted by Crippen LogP contribution is 2.15. The first-order valence-electron chi connectivity index (χ1n) is 5.01. The molecular weight excluding hydrogens is 280 g/mol. The number of carbonyl (C=O) groups is 1. The van der Waals surface area contributed by atoms with Gasteiger partial charge in [-0.2, -0.15) is 8.78 Å². The molecule has 0 aromatic heterocycles. The molecule has 0 saturated carbocycles. The highest BCUT2D eigenvalue weighted by atomic mass is 32.2. The number of hydrogen-bond acceptors (Lipinski definition) is 4. The van der Waals surface area contributed by atoms with E-state index in [4.69, 9.17) is 0 Å². The average Bonchev–Trinajstić information content (AvgIpc) is 2.25. The summed E-state index contributed by atoms with van der Waals surface area (Å²) in [6, 6.07) is 5.50. The SMILES string of the molecule is CS(=O)(=O)NC(=O)/C=C\c1ccc(OC(F)F)cc1. The quantitative estimate of drug-likeness (QED) is 0.832. The molecule has 0 bridgehead atoms. The van der Waals surface area contributed by atoms with Gasteiger partial charge in [0.15, 0.2) is 0 Å². The molecule has 0 radical (unpaired) electrons. The molecule has 0 aliphatic heterocycles. The number of sulfonamides is 1. The molecular formula is C11H11F2NO4S.